The lowest BCUT2D eigenvalue weighted by Crippen LogP contribution is -2.40. The fourth-order valence-electron chi connectivity index (χ4n) is 2.90. The van der Waals surface area contributed by atoms with Crippen molar-refractivity contribution in [1.82, 2.24) is 4.90 Å². The molecule has 1 heterocycles. The number of hydrogen-bond donors (Lipinski definition) is 1. The molecule has 23 heavy (non-hydrogen) atoms. The molecule has 0 aliphatic carbocycles. The molecule has 1 N–H and O–H groups in total. The van der Waals surface area contributed by atoms with Crippen LogP contribution in [0.15, 0.2) is 24.3 Å². The molecule has 2 aromatic rings. The summed E-state index contributed by atoms with van der Waals surface area (Å²) < 4.78 is 0. The molecule has 7 heteroatoms. The maximum absolute atomic E-state index is 12.6. The molecule has 0 aromatic heterocycles. The number of phenolic OH excluding ortho intramolecular Hbond substituents is 1. The first-order chi connectivity index (χ1) is 11.0. The number of nitro benzene ring substituents is 1. The van der Waals surface area contributed by atoms with Gasteiger partial charge >= 0.3 is 5.69 Å². The molecule has 2 aromatic carbocycles. The third kappa shape index (κ3) is 2.12. The number of carbonyl (C=O) groups excluding carboxylic acids is 2. The molecule has 0 saturated heterocycles. The van der Waals surface area contributed by atoms with Crippen molar-refractivity contribution in [3.8, 4) is 5.75 Å². The predicted octanol–water partition coefficient (Wildman–Crippen LogP) is 2.85. The normalized spacial score (nSPS) is 13.7. The van der Waals surface area contributed by atoms with Crippen molar-refractivity contribution in [1.29, 1.82) is 0 Å². The molecule has 1 aliphatic rings. The van der Waals surface area contributed by atoms with Gasteiger partial charge in [0.15, 0.2) is 5.75 Å². The van der Waals surface area contributed by atoms with Gasteiger partial charge in [-0.25, -0.2) is 0 Å². The Labute approximate surface area is 131 Å². The van der Waals surface area contributed by atoms with E-state index < -0.39 is 28.2 Å². The van der Waals surface area contributed by atoms with Crippen LogP contribution in [0, 0.1) is 10.1 Å². The summed E-state index contributed by atoms with van der Waals surface area (Å²) in [5.41, 5.74) is -0.126. The van der Waals surface area contributed by atoms with Crippen molar-refractivity contribution in [2.75, 3.05) is 6.54 Å². The van der Waals surface area contributed by atoms with Gasteiger partial charge in [-0.05, 0) is 18.6 Å². The second kappa shape index (κ2) is 5.35. The molecule has 0 atom stereocenters. The summed E-state index contributed by atoms with van der Waals surface area (Å²) in [4.78, 5) is 36.8. The van der Waals surface area contributed by atoms with Crippen LogP contribution in [0.4, 0.5) is 5.69 Å². The van der Waals surface area contributed by atoms with Crippen LogP contribution in [-0.4, -0.2) is 33.3 Å². The van der Waals surface area contributed by atoms with E-state index in [9.17, 15) is 24.8 Å². The van der Waals surface area contributed by atoms with Crippen LogP contribution in [-0.2, 0) is 0 Å². The molecular weight excluding hydrogens is 300 g/mol. The Balaban J connectivity index is 2.31. The molecule has 0 saturated carbocycles. The van der Waals surface area contributed by atoms with Gasteiger partial charge in [0.1, 0.15) is 0 Å². The van der Waals surface area contributed by atoms with E-state index >= 15 is 0 Å². The highest BCUT2D eigenvalue weighted by atomic mass is 16.6. The third-order valence-electron chi connectivity index (χ3n) is 3.98. The van der Waals surface area contributed by atoms with Gasteiger partial charge in [0, 0.05) is 23.6 Å². The van der Waals surface area contributed by atoms with E-state index in [1.165, 1.54) is 12.1 Å². The average molecular weight is 314 g/mol. The number of carbonyl (C=O) groups is 2. The number of phenols is 1. The fraction of sp³-hybridized carbons (Fsp3) is 0.250. The zero-order valence-electron chi connectivity index (χ0n) is 12.4. The fourth-order valence-corrected chi connectivity index (χ4v) is 2.90. The van der Waals surface area contributed by atoms with E-state index in [2.05, 4.69) is 0 Å². The maximum Gasteiger partial charge on any atom is 0.318 e. The van der Waals surface area contributed by atoms with Crippen LogP contribution in [0.25, 0.3) is 10.8 Å². The molecule has 1 aliphatic heterocycles. The van der Waals surface area contributed by atoms with Crippen LogP contribution < -0.4 is 0 Å². The third-order valence-corrected chi connectivity index (χ3v) is 3.98. The van der Waals surface area contributed by atoms with Gasteiger partial charge in [0.25, 0.3) is 11.8 Å². The van der Waals surface area contributed by atoms with E-state index in [0.717, 1.165) is 17.4 Å². The molecule has 2 amide bonds. The van der Waals surface area contributed by atoms with Crippen molar-refractivity contribution < 1.29 is 19.6 Å². The number of imide groups is 1. The van der Waals surface area contributed by atoms with E-state index in [0.29, 0.717) is 6.42 Å². The first kappa shape index (κ1) is 15.0. The van der Waals surface area contributed by atoms with Crippen molar-refractivity contribution in [3.63, 3.8) is 0 Å². The lowest BCUT2D eigenvalue weighted by atomic mass is 9.92. The van der Waals surface area contributed by atoms with Crippen molar-refractivity contribution in [2.45, 2.75) is 19.8 Å². The van der Waals surface area contributed by atoms with Crippen molar-refractivity contribution >= 4 is 28.3 Å². The lowest BCUT2D eigenvalue weighted by molar-refractivity contribution is -0.384. The summed E-state index contributed by atoms with van der Waals surface area (Å²) in [7, 11) is 0. The molecule has 0 fully saturated rings. The molecule has 0 unspecified atom stereocenters. The summed E-state index contributed by atoms with van der Waals surface area (Å²) in [6.45, 7) is 2.23. The van der Waals surface area contributed by atoms with Gasteiger partial charge in [0.05, 0.1) is 15.9 Å². The number of aromatic hydroxyl groups is 1. The Hall–Kier alpha value is -2.96. The Morgan fingerprint density at radius 1 is 1.22 bits per heavy atom. The van der Waals surface area contributed by atoms with Crippen LogP contribution >= 0.6 is 0 Å². The zero-order valence-corrected chi connectivity index (χ0v) is 12.4. The second-order valence-corrected chi connectivity index (χ2v) is 5.39. The average Bonchev–Trinajstić information content (AvgIpc) is 2.51. The van der Waals surface area contributed by atoms with E-state index in [1.54, 1.807) is 6.07 Å². The van der Waals surface area contributed by atoms with Crippen molar-refractivity contribution in [2.24, 2.45) is 0 Å². The first-order valence-electron chi connectivity index (χ1n) is 7.26. The number of amides is 2. The monoisotopic (exact) mass is 314 g/mol. The number of nitrogens with zero attached hydrogens (tertiary/aromatic N) is 2. The first-order valence-corrected chi connectivity index (χ1v) is 7.26. The number of benzene rings is 2. The minimum Gasteiger partial charge on any atom is -0.502 e. The van der Waals surface area contributed by atoms with Gasteiger partial charge in [-0.15, -0.1) is 0 Å². The number of unbranched alkanes of at least 4 members (excludes halogenated alkanes) is 1. The molecule has 0 radical (unpaired) electrons. The summed E-state index contributed by atoms with van der Waals surface area (Å²) >= 11 is 0. The predicted molar refractivity (Wildman–Crippen MR) is 82.5 cm³/mol. The Bertz CT molecular complexity index is 859. The smallest absolute Gasteiger partial charge is 0.318 e. The van der Waals surface area contributed by atoms with Crippen molar-refractivity contribution in [3.05, 3.63) is 45.5 Å². The molecular formula is C16H14N2O5. The van der Waals surface area contributed by atoms with Crippen LogP contribution in [0.3, 0.4) is 0 Å². The maximum atomic E-state index is 12.6. The topological polar surface area (TPSA) is 101 Å². The highest BCUT2D eigenvalue weighted by Crippen LogP contribution is 2.40. The molecule has 118 valence electrons. The highest BCUT2D eigenvalue weighted by Gasteiger charge is 2.35. The Morgan fingerprint density at radius 2 is 1.91 bits per heavy atom. The van der Waals surface area contributed by atoms with Gasteiger partial charge in [0.2, 0.25) is 0 Å². The minimum absolute atomic E-state index is 0.0966. The zero-order chi connectivity index (χ0) is 16.7. The van der Waals surface area contributed by atoms with Crippen LogP contribution in [0.1, 0.15) is 40.5 Å². The molecule has 3 rings (SSSR count). The van der Waals surface area contributed by atoms with Gasteiger partial charge < -0.3 is 5.11 Å². The lowest BCUT2D eigenvalue weighted by Gasteiger charge is -2.27. The Morgan fingerprint density at radius 3 is 2.57 bits per heavy atom. The van der Waals surface area contributed by atoms with Crippen LogP contribution in [0.2, 0.25) is 0 Å². The van der Waals surface area contributed by atoms with E-state index in [4.69, 9.17) is 0 Å². The van der Waals surface area contributed by atoms with Gasteiger partial charge in [-0.3, -0.25) is 24.6 Å². The second-order valence-electron chi connectivity index (χ2n) is 5.39. The number of hydrogen-bond acceptors (Lipinski definition) is 5. The summed E-state index contributed by atoms with van der Waals surface area (Å²) in [5.74, 6) is -1.56. The summed E-state index contributed by atoms with van der Waals surface area (Å²) in [6.07, 6.45) is 1.49. The largest absolute Gasteiger partial charge is 0.502 e. The van der Waals surface area contributed by atoms with Crippen LogP contribution in [0.5, 0.6) is 5.75 Å². The number of nitro groups is 1. The van der Waals surface area contributed by atoms with E-state index in [1.807, 2.05) is 6.92 Å². The van der Waals surface area contributed by atoms with Gasteiger partial charge in [-0.1, -0.05) is 19.4 Å². The highest BCUT2D eigenvalue weighted by molar-refractivity contribution is 6.26. The van der Waals surface area contributed by atoms with E-state index in [-0.39, 0.29) is 28.4 Å². The SMILES string of the molecule is CCCCN1C(=O)c2cccc3c([N+](=O)[O-])c(O)cc(c23)C1=O. The molecule has 0 bridgehead atoms. The summed E-state index contributed by atoms with van der Waals surface area (Å²) in [6, 6.07) is 5.57. The standard InChI is InChI=1S/C16H14N2O5/c1-2-3-7-17-15(20)10-6-4-5-9-13(10)11(16(17)21)8-12(19)14(9)18(22)23/h4-6,8,19H,2-3,7H2,1H3. The molecule has 0 spiro atoms. The van der Waals surface area contributed by atoms with Gasteiger partial charge in [-0.2, -0.15) is 0 Å². The Kier molecular flexibility index (Phi) is 3.48. The molecule has 7 nitrogen and oxygen atoms in total. The quantitative estimate of drug-likeness (QED) is 0.531. The number of rotatable bonds is 4. The summed E-state index contributed by atoms with van der Waals surface area (Å²) in [5, 5.41) is 21.5. The minimum atomic E-state index is -0.712.